The van der Waals surface area contributed by atoms with Gasteiger partial charge in [-0.3, -0.25) is 9.59 Å². The third kappa shape index (κ3) is 5.10. The predicted molar refractivity (Wildman–Crippen MR) is 126 cm³/mol. The zero-order valence-electron chi connectivity index (χ0n) is 17.5. The van der Waals surface area contributed by atoms with Crippen molar-refractivity contribution in [3.8, 4) is 0 Å². The van der Waals surface area contributed by atoms with Crippen LogP contribution in [0.15, 0.2) is 121 Å². The molecule has 4 nitrogen and oxygen atoms in total. The second kappa shape index (κ2) is 10.2. The molecular weight excluding hydrogens is 398 g/mol. The minimum absolute atomic E-state index is 0.0283. The lowest BCUT2D eigenvalue weighted by Crippen LogP contribution is -2.29. The van der Waals surface area contributed by atoms with E-state index in [0.29, 0.717) is 11.1 Å². The number of anilines is 2. The Morgan fingerprint density at radius 2 is 1.06 bits per heavy atom. The molecule has 0 saturated heterocycles. The number of carbonyl (C=O) groups excluding carboxylic acids is 2. The summed E-state index contributed by atoms with van der Waals surface area (Å²) in [5.41, 5.74) is 2.86. The number of ketones is 1. The highest BCUT2D eigenvalue weighted by atomic mass is 16.5. The van der Waals surface area contributed by atoms with Crippen molar-refractivity contribution in [2.45, 2.75) is 6.10 Å². The topological polar surface area (TPSA) is 46.6 Å². The molecule has 0 bridgehead atoms. The minimum atomic E-state index is -1.01. The number of Topliss-reactive ketones (excluding diaryl/α,β-unsaturated/α-hetero) is 1. The third-order valence-electron chi connectivity index (χ3n) is 5.07. The third-order valence-corrected chi connectivity index (χ3v) is 5.07. The first kappa shape index (κ1) is 21.1. The number of nitrogens with zero attached hydrogens (tertiary/aromatic N) is 1. The second-order valence-electron chi connectivity index (χ2n) is 7.27. The van der Waals surface area contributed by atoms with Gasteiger partial charge in [0.05, 0.1) is 0 Å². The van der Waals surface area contributed by atoms with Crippen LogP contribution in [-0.2, 0) is 9.53 Å². The van der Waals surface area contributed by atoms with Crippen LogP contribution in [0.3, 0.4) is 0 Å². The fourth-order valence-corrected chi connectivity index (χ4v) is 3.50. The van der Waals surface area contributed by atoms with Crippen LogP contribution in [0.2, 0.25) is 0 Å². The molecule has 0 spiro atoms. The number of para-hydroxylation sites is 2. The summed E-state index contributed by atoms with van der Waals surface area (Å²) in [5.74, 6) is -0.744. The van der Waals surface area contributed by atoms with E-state index < -0.39 is 12.1 Å². The van der Waals surface area contributed by atoms with E-state index >= 15 is 0 Å². The van der Waals surface area contributed by atoms with Crippen molar-refractivity contribution in [1.29, 1.82) is 0 Å². The van der Waals surface area contributed by atoms with Crippen LogP contribution in [0.25, 0.3) is 0 Å². The van der Waals surface area contributed by atoms with Gasteiger partial charge < -0.3 is 9.64 Å². The largest absolute Gasteiger partial charge is 0.448 e. The Balaban J connectivity index is 1.60. The monoisotopic (exact) mass is 421 g/mol. The summed E-state index contributed by atoms with van der Waals surface area (Å²) in [6.07, 6.45) is -1.01. The average Bonchev–Trinajstić information content (AvgIpc) is 2.87. The molecule has 4 aromatic rings. The van der Waals surface area contributed by atoms with Crippen molar-refractivity contribution in [2.75, 3.05) is 11.4 Å². The SMILES string of the molecule is O=C(CN(c1ccccc1)c1ccccc1)OC(C(=O)c1ccccc1)c1ccccc1. The molecule has 0 radical (unpaired) electrons. The molecule has 0 N–H and O–H groups in total. The number of rotatable bonds is 8. The Labute approximate surface area is 187 Å². The van der Waals surface area contributed by atoms with Crippen molar-refractivity contribution in [3.05, 3.63) is 132 Å². The highest BCUT2D eigenvalue weighted by Gasteiger charge is 2.27. The van der Waals surface area contributed by atoms with Crippen molar-refractivity contribution in [2.24, 2.45) is 0 Å². The smallest absolute Gasteiger partial charge is 0.327 e. The van der Waals surface area contributed by atoms with Gasteiger partial charge in [-0.05, 0) is 24.3 Å². The predicted octanol–water partition coefficient (Wildman–Crippen LogP) is 5.99. The molecule has 4 rings (SSSR count). The van der Waals surface area contributed by atoms with Crippen LogP contribution in [-0.4, -0.2) is 18.3 Å². The summed E-state index contributed by atoms with van der Waals surface area (Å²) in [6.45, 7) is -0.0283. The van der Waals surface area contributed by atoms with Crippen LogP contribution in [0.4, 0.5) is 11.4 Å². The van der Waals surface area contributed by atoms with E-state index in [-0.39, 0.29) is 12.3 Å². The van der Waals surface area contributed by atoms with Gasteiger partial charge in [0.2, 0.25) is 5.78 Å². The minimum Gasteiger partial charge on any atom is -0.448 e. The summed E-state index contributed by atoms with van der Waals surface area (Å²) >= 11 is 0. The first-order chi connectivity index (χ1) is 15.7. The number of hydrogen-bond donors (Lipinski definition) is 0. The average molecular weight is 421 g/mol. The van der Waals surface area contributed by atoms with Crippen LogP contribution in [0.1, 0.15) is 22.0 Å². The maximum Gasteiger partial charge on any atom is 0.327 e. The fourth-order valence-electron chi connectivity index (χ4n) is 3.50. The van der Waals surface area contributed by atoms with Gasteiger partial charge in [0.1, 0.15) is 6.54 Å². The first-order valence-corrected chi connectivity index (χ1v) is 10.4. The maximum absolute atomic E-state index is 13.2. The van der Waals surface area contributed by atoms with E-state index in [0.717, 1.165) is 11.4 Å². The van der Waals surface area contributed by atoms with Gasteiger partial charge in [-0.15, -0.1) is 0 Å². The molecule has 0 aliphatic carbocycles. The lowest BCUT2D eigenvalue weighted by Gasteiger charge is -2.25. The quantitative estimate of drug-likeness (QED) is 0.259. The second-order valence-corrected chi connectivity index (χ2v) is 7.27. The summed E-state index contributed by atoms with van der Waals surface area (Å²) < 4.78 is 5.80. The van der Waals surface area contributed by atoms with E-state index in [9.17, 15) is 9.59 Å². The van der Waals surface area contributed by atoms with Gasteiger partial charge in [0, 0.05) is 22.5 Å². The standard InChI is InChI=1S/C28H23NO3/c30-26(21-29(24-17-9-3-10-18-24)25-19-11-4-12-20-25)32-28(23-15-7-2-8-16-23)27(31)22-13-5-1-6-14-22/h1-20,28H,21H2. The zero-order chi connectivity index (χ0) is 22.2. The molecule has 0 aliphatic rings. The molecule has 0 amide bonds. The lowest BCUT2D eigenvalue weighted by atomic mass is 10.00. The molecule has 0 aromatic heterocycles. The highest BCUT2D eigenvalue weighted by Crippen LogP contribution is 2.27. The Hall–Kier alpha value is -4.18. The van der Waals surface area contributed by atoms with Gasteiger partial charge in [0.15, 0.2) is 6.10 Å². The van der Waals surface area contributed by atoms with Crippen molar-refractivity contribution >= 4 is 23.1 Å². The Kier molecular flexibility index (Phi) is 6.73. The molecule has 0 aliphatic heterocycles. The van der Waals surface area contributed by atoms with Gasteiger partial charge >= 0.3 is 5.97 Å². The van der Waals surface area contributed by atoms with E-state index in [1.165, 1.54) is 0 Å². The first-order valence-electron chi connectivity index (χ1n) is 10.4. The van der Waals surface area contributed by atoms with E-state index in [2.05, 4.69) is 0 Å². The number of ether oxygens (including phenoxy) is 1. The van der Waals surface area contributed by atoms with Gasteiger partial charge in [0.25, 0.3) is 0 Å². The molecular formula is C28H23NO3. The maximum atomic E-state index is 13.2. The van der Waals surface area contributed by atoms with Crippen molar-refractivity contribution in [1.82, 2.24) is 0 Å². The van der Waals surface area contributed by atoms with Crippen molar-refractivity contribution < 1.29 is 14.3 Å². The number of hydrogen-bond acceptors (Lipinski definition) is 4. The molecule has 1 unspecified atom stereocenters. The lowest BCUT2D eigenvalue weighted by molar-refractivity contribution is -0.145. The van der Waals surface area contributed by atoms with E-state index in [1.807, 2.05) is 89.8 Å². The highest BCUT2D eigenvalue weighted by molar-refractivity contribution is 6.01. The Bertz CT molecular complexity index is 1110. The van der Waals surface area contributed by atoms with Crippen LogP contribution in [0.5, 0.6) is 0 Å². The molecule has 0 fully saturated rings. The molecule has 158 valence electrons. The number of benzene rings is 4. The molecule has 0 saturated carbocycles. The molecule has 4 aromatic carbocycles. The summed E-state index contributed by atoms with van der Waals surface area (Å²) in [5, 5.41) is 0. The number of esters is 1. The van der Waals surface area contributed by atoms with Crippen LogP contribution in [0, 0.1) is 0 Å². The molecule has 32 heavy (non-hydrogen) atoms. The van der Waals surface area contributed by atoms with Crippen LogP contribution >= 0.6 is 0 Å². The summed E-state index contributed by atoms with van der Waals surface area (Å²) in [7, 11) is 0. The van der Waals surface area contributed by atoms with Crippen molar-refractivity contribution in [3.63, 3.8) is 0 Å². The fraction of sp³-hybridized carbons (Fsp3) is 0.0714. The molecule has 0 heterocycles. The summed E-state index contributed by atoms with van der Waals surface area (Å²) in [4.78, 5) is 28.2. The van der Waals surface area contributed by atoms with E-state index in [1.54, 1.807) is 36.4 Å². The molecule has 4 heteroatoms. The zero-order valence-corrected chi connectivity index (χ0v) is 17.5. The Morgan fingerprint density at radius 1 is 0.625 bits per heavy atom. The summed E-state index contributed by atoms with van der Waals surface area (Å²) in [6, 6.07) is 37.3. The van der Waals surface area contributed by atoms with Gasteiger partial charge in [-0.2, -0.15) is 0 Å². The normalized spacial score (nSPS) is 11.4. The molecule has 1 atom stereocenters. The van der Waals surface area contributed by atoms with Gasteiger partial charge in [-0.1, -0.05) is 97.1 Å². The van der Waals surface area contributed by atoms with Gasteiger partial charge in [-0.25, -0.2) is 0 Å². The van der Waals surface area contributed by atoms with E-state index in [4.69, 9.17) is 4.74 Å². The Morgan fingerprint density at radius 3 is 1.56 bits per heavy atom. The number of carbonyl (C=O) groups is 2. The van der Waals surface area contributed by atoms with Crippen LogP contribution < -0.4 is 4.90 Å².